The minimum atomic E-state index is -4.42. The Labute approximate surface area is 176 Å². The summed E-state index contributed by atoms with van der Waals surface area (Å²) < 4.78 is 45.4. The summed E-state index contributed by atoms with van der Waals surface area (Å²) in [6.07, 6.45) is 0.233. The zero-order valence-corrected chi connectivity index (χ0v) is 17.0. The lowest BCUT2D eigenvalue weighted by atomic mass is 10.0. The quantitative estimate of drug-likeness (QED) is 0.612. The number of fused-ring (bicyclic) bond motifs is 2. The molecule has 0 amide bonds. The fourth-order valence-electron chi connectivity index (χ4n) is 4.57. The van der Waals surface area contributed by atoms with Gasteiger partial charge >= 0.3 is 6.18 Å². The molecule has 5 heterocycles. The average Bonchev–Trinajstić information content (AvgIpc) is 3.44. The van der Waals surface area contributed by atoms with Crippen molar-refractivity contribution in [1.29, 1.82) is 0 Å². The zero-order chi connectivity index (χ0) is 21.6. The van der Waals surface area contributed by atoms with Crippen molar-refractivity contribution in [2.75, 3.05) is 49.7 Å². The second-order valence-corrected chi connectivity index (χ2v) is 8.03. The Hall–Kier alpha value is -2.95. The van der Waals surface area contributed by atoms with Crippen molar-refractivity contribution in [2.45, 2.75) is 12.7 Å². The molecule has 2 saturated heterocycles. The number of rotatable bonds is 5. The van der Waals surface area contributed by atoms with E-state index >= 15 is 0 Å². The summed E-state index contributed by atoms with van der Waals surface area (Å²) in [5, 5.41) is 0. The lowest BCUT2D eigenvalue weighted by molar-refractivity contribution is -0.141. The van der Waals surface area contributed by atoms with Gasteiger partial charge in [0.25, 0.3) is 0 Å². The van der Waals surface area contributed by atoms with Crippen molar-refractivity contribution in [2.24, 2.45) is 11.8 Å². The number of methoxy groups -OCH3 is 1. The third kappa shape index (κ3) is 3.67. The average molecular weight is 433 g/mol. The summed E-state index contributed by atoms with van der Waals surface area (Å²) in [5.41, 5.74) is 1.44. The maximum absolute atomic E-state index is 12.8. The fraction of sp³-hybridized carbons (Fsp3) is 0.500. The summed E-state index contributed by atoms with van der Waals surface area (Å²) in [6, 6.07) is 2.56. The van der Waals surface area contributed by atoms with Crippen LogP contribution in [0.4, 0.5) is 24.7 Å². The van der Waals surface area contributed by atoms with Crippen LogP contribution in [0.2, 0.25) is 0 Å². The van der Waals surface area contributed by atoms with E-state index in [1.807, 2.05) is 4.57 Å². The van der Waals surface area contributed by atoms with Crippen molar-refractivity contribution in [1.82, 2.24) is 24.5 Å². The normalized spacial score (nSPS) is 21.3. The highest BCUT2D eigenvalue weighted by atomic mass is 19.4. The number of hydrogen-bond acceptors (Lipinski definition) is 7. The van der Waals surface area contributed by atoms with Gasteiger partial charge in [-0.25, -0.2) is 19.9 Å². The summed E-state index contributed by atoms with van der Waals surface area (Å²) >= 11 is 0. The molecule has 2 unspecified atom stereocenters. The molecule has 2 atom stereocenters. The molecule has 11 heteroatoms. The van der Waals surface area contributed by atoms with Crippen molar-refractivity contribution < 1.29 is 17.9 Å². The molecule has 164 valence electrons. The van der Waals surface area contributed by atoms with Gasteiger partial charge in [-0.05, 0) is 12.1 Å². The van der Waals surface area contributed by atoms with Gasteiger partial charge in [0.2, 0.25) is 0 Å². The van der Waals surface area contributed by atoms with Crippen molar-refractivity contribution >= 4 is 22.7 Å². The summed E-state index contributed by atoms with van der Waals surface area (Å²) in [7, 11) is 1.66. The van der Waals surface area contributed by atoms with E-state index in [1.54, 1.807) is 19.8 Å². The molecular formula is C20H22F3N7O. The van der Waals surface area contributed by atoms with Crippen LogP contribution in [-0.2, 0) is 17.5 Å². The molecule has 0 saturated carbocycles. The predicted octanol–water partition coefficient (Wildman–Crippen LogP) is 2.46. The third-order valence-electron chi connectivity index (χ3n) is 6.11. The molecule has 0 spiro atoms. The molecular weight excluding hydrogens is 411 g/mol. The maximum atomic E-state index is 12.8. The first-order valence-electron chi connectivity index (χ1n) is 10.1. The monoisotopic (exact) mass is 433 g/mol. The van der Waals surface area contributed by atoms with Crippen LogP contribution in [-0.4, -0.2) is 64.4 Å². The first kappa shape index (κ1) is 20.0. The first-order valence-corrected chi connectivity index (χ1v) is 10.1. The second kappa shape index (κ2) is 7.63. The second-order valence-electron chi connectivity index (χ2n) is 8.03. The Morgan fingerprint density at radius 1 is 1.00 bits per heavy atom. The number of aromatic nitrogens is 5. The van der Waals surface area contributed by atoms with Crippen LogP contribution in [0.3, 0.4) is 0 Å². The predicted molar refractivity (Wildman–Crippen MR) is 108 cm³/mol. The number of ether oxygens (including phenoxy) is 1. The van der Waals surface area contributed by atoms with E-state index in [-0.39, 0.29) is 0 Å². The number of pyridine rings is 1. The van der Waals surface area contributed by atoms with Gasteiger partial charge in [-0.15, -0.1) is 0 Å². The van der Waals surface area contributed by atoms with Crippen LogP contribution in [0.15, 0.2) is 31.0 Å². The Balaban J connectivity index is 1.29. The Morgan fingerprint density at radius 2 is 1.74 bits per heavy atom. The van der Waals surface area contributed by atoms with Crippen LogP contribution < -0.4 is 9.80 Å². The molecule has 0 bridgehead atoms. The van der Waals surface area contributed by atoms with Crippen molar-refractivity contribution in [3.63, 3.8) is 0 Å². The Kier molecular flexibility index (Phi) is 4.92. The molecule has 3 aromatic rings. The number of halogens is 3. The molecule has 2 fully saturated rings. The van der Waals surface area contributed by atoms with E-state index < -0.39 is 11.9 Å². The number of anilines is 2. The molecule has 2 aliphatic heterocycles. The summed E-state index contributed by atoms with van der Waals surface area (Å²) in [4.78, 5) is 21.4. The maximum Gasteiger partial charge on any atom is 0.433 e. The van der Waals surface area contributed by atoms with Gasteiger partial charge in [0.05, 0.1) is 24.8 Å². The van der Waals surface area contributed by atoms with Gasteiger partial charge in [0, 0.05) is 51.7 Å². The topological polar surface area (TPSA) is 72.2 Å². The van der Waals surface area contributed by atoms with Crippen molar-refractivity contribution in [3.05, 3.63) is 36.7 Å². The number of nitrogens with zero attached hydrogens (tertiary/aromatic N) is 7. The van der Waals surface area contributed by atoms with Crippen LogP contribution in [0.25, 0.3) is 11.2 Å². The smallest absolute Gasteiger partial charge is 0.383 e. The minimum Gasteiger partial charge on any atom is -0.383 e. The van der Waals surface area contributed by atoms with E-state index in [0.717, 1.165) is 54.9 Å². The first-order chi connectivity index (χ1) is 14.9. The van der Waals surface area contributed by atoms with Crippen LogP contribution in [0, 0.1) is 11.8 Å². The van der Waals surface area contributed by atoms with Crippen LogP contribution >= 0.6 is 0 Å². The highest BCUT2D eigenvalue weighted by Crippen LogP contribution is 2.37. The Bertz CT molecular complexity index is 1050. The molecule has 31 heavy (non-hydrogen) atoms. The number of hydrogen-bond donors (Lipinski definition) is 0. The van der Waals surface area contributed by atoms with Gasteiger partial charge in [-0.1, -0.05) is 0 Å². The molecule has 0 aliphatic carbocycles. The van der Waals surface area contributed by atoms with E-state index in [1.165, 1.54) is 12.3 Å². The van der Waals surface area contributed by atoms with Crippen molar-refractivity contribution in [3.8, 4) is 0 Å². The van der Waals surface area contributed by atoms with E-state index in [4.69, 9.17) is 4.74 Å². The molecule has 3 aromatic heterocycles. The lowest BCUT2D eigenvalue weighted by Gasteiger charge is -2.23. The number of alkyl halides is 3. The highest BCUT2D eigenvalue weighted by molar-refractivity contribution is 5.83. The standard InChI is InChI=1S/C20H22F3N7O/c1-31-5-4-28-12-27-17-18(28)25-11-26-19(17)30-9-13-7-29(8-14(13)10-30)15-2-3-16(24-6-15)20(21,22)23/h2-3,6,11-14H,4-5,7-10H2,1H3. The van der Waals surface area contributed by atoms with Gasteiger partial charge in [0.15, 0.2) is 17.0 Å². The SMILES string of the molecule is COCCn1cnc2c(N3CC4CN(c5ccc(C(F)(F)F)nc5)CC4C3)ncnc21. The minimum absolute atomic E-state index is 0.405. The lowest BCUT2D eigenvalue weighted by Crippen LogP contribution is -2.29. The molecule has 0 aromatic carbocycles. The van der Waals surface area contributed by atoms with Gasteiger partial charge in [-0.3, -0.25) is 0 Å². The fourth-order valence-corrected chi connectivity index (χ4v) is 4.57. The van der Waals surface area contributed by atoms with Gasteiger partial charge < -0.3 is 19.1 Å². The summed E-state index contributed by atoms with van der Waals surface area (Å²) in [6.45, 7) is 4.46. The van der Waals surface area contributed by atoms with Gasteiger partial charge in [0.1, 0.15) is 12.0 Å². The molecule has 2 aliphatic rings. The van der Waals surface area contributed by atoms with Crippen LogP contribution in [0.5, 0.6) is 0 Å². The number of imidazole rings is 1. The van der Waals surface area contributed by atoms with E-state index in [0.29, 0.717) is 25.0 Å². The molecule has 0 radical (unpaired) electrons. The van der Waals surface area contributed by atoms with Crippen LogP contribution in [0.1, 0.15) is 5.69 Å². The molecule has 8 nitrogen and oxygen atoms in total. The third-order valence-corrected chi connectivity index (χ3v) is 6.11. The Morgan fingerprint density at radius 3 is 2.39 bits per heavy atom. The summed E-state index contributed by atoms with van der Waals surface area (Å²) in [5.74, 6) is 1.64. The van der Waals surface area contributed by atoms with Gasteiger partial charge in [-0.2, -0.15) is 13.2 Å². The van der Waals surface area contributed by atoms with E-state index in [2.05, 4.69) is 29.7 Å². The molecule has 5 rings (SSSR count). The zero-order valence-electron chi connectivity index (χ0n) is 17.0. The largest absolute Gasteiger partial charge is 0.433 e. The molecule has 0 N–H and O–H groups in total. The highest BCUT2D eigenvalue weighted by Gasteiger charge is 2.41. The van der Waals surface area contributed by atoms with E-state index in [9.17, 15) is 13.2 Å².